The molecule has 19 heavy (non-hydrogen) atoms. The van der Waals surface area contributed by atoms with Crippen LogP contribution in [0.2, 0.25) is 0 Å². The molecular formula is C15H31N3O. The van der Waals surface area contributed by atoms with Gasteiger partial charge in [0.2, 0.25) is 5.91 Å². The Hall–Kier alpha value is -0.610. The first kappa shape index (κ1) is 16.4. The highest BCUT2D eigenvalue weighted by Gasteiger charge is 2.42. The minimum absolute atomic E-state index is 0.185. The van der Waals surface area contributed by atoms with Crippen molar-refractivity contribution >= 4 is 5.91 Å². The van der Waals surface area contributed by atoms with Gasteiger partial charge < -0.3 is 16.0 Å². The highest BCUT2D eigenvalue weighted by Crippen LogP contribution is 2.32. The lowest BCUT2D eigenvalue weighted by Crippen LogP contribution is -2.60. The van der Waals surface area contributed by atoms with Crippen molar-refractivity contribution in [3.63, 3.8) is 0 Å². The molecule has 0 heterocycles. The predicted molar refractivity (Wildman–Crippen MR) is 80.0 cm³/mol. The zero-order valence-corrected chi connectivity index (χ0v) is 13.0. The first-order valence-corrected chi connectivity index (χ1v) is 7.73. The predicted octanol–water partition coefficient (Wildman–Crippen LogP) is 1.88. The molecule has 1 fully saturated rings. The number of likely N-dealkylation sites (N-methyl/N-ethyl adjacent to an activating group) is 1. The second-order valence-electron chi connectivity index (χ2n) is 6.03. The molecule has 3 N–H and O–H groups in total. The van der Waals surface area contributed by atoms with Crippen LogP contribution < -0.4 is 11.1 Å². The number of carbonyl (C=O) groups is 1. The van der Waals surface area contributed by atoms with Gasteiger partial charge in [-0.1, -0.05) is 20.3 Å². The first-order valence-electron chi connectivity index (χ1n) is 7.73. The maximum atomic E-state index is 11.9. The van der Waals surface area contributed by atoms with E-state index in [2.05, 4.69) is 31.1 Å². The summed E-state index contributed by atoms with van der Waals surface area (Å²) in [6.07, 6.45) is 6.38. The van der Waals surface area contributed by atoms with Gasteiger partial charge in [0.15, 0.2) is 0 Å². The van der Waals surface area contributed by atoms with Crippen molar-refractivity contribution in [3.8, 4) is 0 Å². The number of nitrogens with zero attached hydrogens (tertiary/aromatic N) is 1. The van der Waals surface area contributed by atoms with Crippen LogP contribution in [0.4, 0.5) is 0 Å². The number of amides is 1. The molecule has 112 valence electrons. The maximum Gasteiger partial charge on any atom is 0.237 e. The molecule has 0 aromatic rings. The Bertz CT molecular complexity index is 291. The Morgan fingerprint density at radius 3 is 2.74 bits per heavy atom. The average Bonchev–Trinajstić information content (AvgIpc) is 2.38. The molecule has 4 heteroatoms. The highest BCUT2D eigenvalue weighted by atomic mass is 16.1. The fourth-order valence-electron chi connectivity index (χ4n) is 3.38. The van der Waals surface area contributed by atoms with Gasteiger partial charge in [-0.05, 0) is 52.6 Å². The Balaban J connectivity index is 2.74. The van der Waals surface area contributed by atoms with Crippen LogP contribution in [0.5, 0.6) is 0 Å². The van der Waals surface area contributed by atoms with Gasteiger partial charge in [0, 0.05) is 12.1 Å². The van der Waals surface area contributed by atoms with Crippen molar-refractivity contribution in [2.24, 2.45) is 5.73 Å². The number of nitrogens with one attached hydrogen (secondary N) is 1. The van der Waals surface area contributed by atoms with Crippen molar-refractivity contribution < 1.29 is 4.79 Å². The quantitative estimate of drug-likeness (QED) is 0.742. The summed E-state index contributed by atoms with van der Waals surface area (Å²) in [4.78, 5) is 14.3. The first-order chi connectivity index (χ1) is 8.96. The molecule has 1 aliphatic carbocycles. The molecule has 0 bridgehead atoms. The monoisotopic (exact) mass is 269 g/mol. The largest absolute Gasteiger partial charge is 0.368 e. The molecule has 1 aliphatic rings. The molecule has 0 spiro atoms. The van der Waals surface area contributed by atoms with Gasteiger partial charge >= 0.3 is 0 Å². The Morgan fingerprint density at radius 2 is 2.21 bits per heavy atom. The fraction of sp³-hybridized carbons (Fsp3) is 0.933. The Morgan fingerprint density at radius 1 is 1.53 bits per heavy atom. The summed E-state index contributed by atoms with van der Waals surface area (Å²) in [6.45, 7) is 7.33. The van der Waals surface area contributed by atoms with Crippen molar-refractivity contribution in [2.75, 3.05) is 13.6 Å². The lowest BCUT2D eigenvalue weighted by Gasteiger charge is -2.44. The maximum absolute atomic E-state index is 11.9. The van der Waals surface area contributed by atoms with E-state index < -0.39 is 5.54 Å². The average molecular weight is 269 g/mol. The van der Waals surface area contributed by atoms with Crippen LogP contribution >= 0.6 is 0 Å². The van der Waals surface area contributed by atoms with Crippen LogP contribution in [0.25, 0.3) is 0 Å². The lowest BCUT2D eigenvalue weighted by molar-refractivity contribution is -0.126. The zero-order chi connectivity index (χ0) is 14.5. The Labute approximate surface area is 118 Å². The van der Waals surface area contributed by atoms with Crippen LogP contribution in [0, 0.1) is 0 Å². The van der Waals surface area contributed by atoms with E-state index in [4.69, 9.17) is 5.73 Å². The number of hydrogen-bond donors (Lipinski definition) is 2. The number of rotatable bonds is 7. The summed E-state index contributed by atoms with van der Waals surface area (Å²) in [5.74, 6) is -0.185. The van der Waals surface area contributed by atoms with Crippen molar-refractivity contribution in [1.82, 2.24) is 10.2 Å². The standard InChI is InChI=1S/C15H31N3O/c1-5-8-12(3)18(4)13-9-7-10-15(11-13,14(16)19)17-6-2/h12-13,17H,5-11H2,1-4H3,(H2,16,19). The lowest BCUT2D eigenvalue weighted by atomic mass is 9.77. The van der Waals surface area contributed by atoms with Crippen LogP contribution in [0.1, 0.15) is 59.3 Å². The number of nitrogens with two attached hydrogens (primary N) is 1. The van der Waals surface area contributed by atoms with E-state index in [0.29, 0.717) is 12.1 Å². The second-order valence-corrected chi connectivity index (χ2v) is 6.03. The van der Waals surface area contributed by atoms with Crippen molar-refractivity contribution in [1.29, 1.82) is 0 Å². The van der Waals surface area contributed by atoms with Crippen LogP contribution in [-0.2, 0) is 4.79 Å². The third-order valence-corrected chi connectivity index (χ3v) is 4.69. The SMILES string of the molecule is CCCC(C)N(C)C1CCCC(NCC)(C(N)=O)C1. The molecule has 0 aromatic heterocycles. The molecule has 0 radical (unpaired) electrons. The minimum Gasteiger partial charge on any atom is -0.368 e. The number of carbonyl (C=O) groups excluding carboxylic acids is 1. The smallest absolute Gasteiger partial charge is 0.237 e. The Kier molecular flexibility index (Phi) is 6.27. The third-order valence-electron chi connectivity index (χ3n) is 4.69. The van der Waals surface area contributed by atoms with Gasteiger partial charge in [-0.25, -0.2) is 0 Å². The van der Waals surface area contributed by atoms with E-state index in [9.17, 15) is 4.79 Å². The molecule has 0 aromatic carbocycles. The zero-order valence-electron chi connectivity index (χ0n) is 13.0. The summed E-state index contributed by atoms with van der Waals surface area (Å²) >= 11 is 0. The molecule has 1 saturated carbocycles. The van der Waals surface area contributed by atoms with Crippen LogP contribution in [-0.4, -0.2) is 42.0 Å². The van der Waals surface area contributed by atoms with Gasteiger partial charge in [0.25, 0.3) is 0 Å². The van der Waals surface area contributed by atoms with E-state index in [1.165, 1.54) is 19.3 Å². The van der Waals surface area contributed by atoms with E-state index in [1.807, 2.05) is 6.92 Å². The molecule has 1 rings (SSSR count). The van der Waals surface area contributed by atoms with Crippen LogP contribution in [0.15, 0.2) is 0 Å². The van der Waals surface area contributed by atoms with Gasteiger partial charge in [-0.2, -0.15) is 0 Å². The summed E-state index contributed by atoms with van der Waals surface area (Å²) < 4.78 is 0. The molecule has 1 amide bonds. The second kappa shape index (κ2) is 7.25. The summed E-state index contributed by atoms with van der Waals surface area (Å²) in [7, 11) is 2.19. The van der Waals surface area contributed by atoms with Crippen molar-refractivity contribution in [2.45, 2.75) is 76.9 Å². The fourth-order valence-corrected chi connectivity index (χ4v) is 3.38. The summed E-state index contributed by atoms with van der Waals surface area (Å²) in [6, 6.07) is 1.03. The summed E-state index contributed by atoms with van der Waals surface area (Å²) in [5, 5.41) is 3.35. The molecule has 4 nitrogen and oxygen atoms in total. The van der Waals surface area contributed by atoms with Gasteiger partial charge in [-0.15, -0.1) is 0 Å². The minimum atomic E-state index is -0.488. The van der Waals surface area contributed by atoms with E-state index in [-0.39, 0.29) is 5.91 Å². The topological polar surface area (TPSA) is 58.4 Å². The molecule has 0 saturated heterocycles. The van der Waals surface area contributed by atoms with E-state index in [0.717, 1.165) is 25.8 Å². The van der Waals surface area contributed by atoms with Gasteiger partial charge in [0.05, 0.1) is 5.54 Å². The third kappa shape index (κ3) is 3.93. The summed E-state index contributed by atoms with van der Waals surface area (Å²) in [5.41, 5.74) is 5.18. The highest BCUT2D eigenvalue weighted by molar-refractivity contribution is 5.84. The molecule has 0 aliphatic heterocycles. The van der Waals surface area contributed by atoms with E-state index in [1.54, 1.807) is 0 Å². The van der Waals surface area contributed by atoms with Gasteiger partial charge in [0.1, 0.15) is 0 Å². The number of hydrogen-bond acceptors (Lipinski definition) is 3. The van der Waals surface area contributed by atoms with Gasteiger partial charge in [-0.3, -0.25) is 4.79 Å². The molecular weight excluding hydrogens is 238 g/mol. The van der Waals surface area contributed by atoms with Crippen LogP contribution in [0.3, 0.4) is 0 Å². The van der Waals surface area contributed by atoms with E-state index >= 15 is 0 Å². The number of primary amides is 1. The van der Waals surface area contributed by atoms with Crippen molar-refractivity contribution in [3.05, 3.63) is 0 Å². The molecule has 3 unspecified atom stereocenters. The normalized spacial score (nSPS) is 29.4. The molecule has 3 atom stereocenters.